The molecule has 0 saturated carbocycles. The Labute approximate surface area is 248 Å². The molecule has 0 fully saturated rings. The van der Waals surface area contributed by atoms with E-state index in [9.17, 15) is 20.4 Å². The third-order valence-electron chi connectivity index (χ3n) is 7.29. The van der Waals surface area contributed by atoms with Crippen molar-refractivity contribution < 1.29 is 20.4 Å². The first kappa shape index (κ1) is 28.1. The predicted molar refractivity (Wildman–Crippen MR) is 176 cm³/mol. The van der Waals surface area contributed by atoms with Crippen molar-refractivity contribution in [3.63, 3.8) is 0 Å². The Morgan fingerprint density at radius 3 is 1.38 bits per heavy atom. The molecule has 0 saturated heterocycles. The van der Waals surface area contributed by atoms with Crippen LogP contribution in [0.5, 0.6) is 11.5 Å². The maximum absolute atomic E-state index is 11.7. The Bertz CT molecular complexity index is 1640. The molecule has 1 aliphatic carbocycles. The molecule has 42 heavy (non-hydrogen) atoms. The zero-order valence-electron chi connectivity index (χ0n) is 22.7. The van der Waals surface area contributed by atoms with Crippen molar-refractivity contribution in [2.24, 2.45) is 0 Å². The summed E-state index contributed by atoms with van der Waals surface area (Å²) in [6.07, 6.45) is 0.985. The molecule has 208 valence electrons. The summed E-state index contributed by atoms with van der Waals surface area (Å²) in [5, 5.41) is 51.0. The average molecular weight is 589 g/mol. The maximum Gasteiger partial charge on any atom is 0.165 e. The number of hydrogen-bond acceptors (Lipinski definition) is 4. The van der Waals surface area contributed by atoms with Gasteiger partial charge >= 0.3 is 0 Å². The maximum atomic E-state index is 11.7. The first-order valence-corrected chi connectivity index (χ1v) is 16.4. The third kappa shape index (κ3) is 5.43. The molecule has 4 N–H and O–H groups in total. The summed E-state index contributed by atoms with van der Waals surface area (Å²) in [5.74, 6) is -0.589. The van der Waals surface area contributed by atoms with Crippen molar-refractivity contribution in [3.05, 3.63) is 156 Å². The van der Waals surface area contributed by atoms with Crippen LogP contribution in [-0.4, -0.2) is 32.6 Å². The number of aliphatic hydroxyl groups excluding tert-OH is 2. The van der Waals surface area contributed by atoms with Gasteiger partial charge in [-0.1, -0.05) is 133 Å². The van der Waals surface area contributed by atoms with Gasteiger partial charge in [0.1, 0.15) is 12.2 Å². The van der Waals surface area contributed by atoms with Crippen LogP contribution in [0, 0.1) is 0 Å². The topological polar surface area (TPSA) is 80.9 Å². The molecule has 1 unspecified atom stereocenters. The van der Waals surface area contributed by atoms with Gasteiger partial charge in [0.05, 0.1) is 0 Å². The van der Waals surface area contributed by atoms with Gasteiger partial charge < -0.3 is 20.4 Å². The van der Waals surface area contributed by atoms with E-state index in [2.05, 4.69) is 48.5 Å². The van der Waals surface area contributed by atoms with Gasteiger partial charge in [0, 0.05) is 11.1 Å². The van der Waals surface area contributed by atoms with Gasteiger partial charge in [0.15, 0.2) is 11.5 Å². The van der Waals surface area contributed by atoms with Crippen molar-refractivity contribution >= 4 is 47.9 Å². The molecule has 2 atom stereocenters. The van der Waals surface area contributed by atoms with Crippen LogP contribution in [-0.2, 0) is 0 Å². The Kier molecular flexibility index (Phi) is 8.33. The van der Waals surface area contributed by atoms with Crippen LogP contribution in [0.15, 0.2) is 151 Å². The first-order valence-electron chi connectivity index (χ1n) is 13.7. The quantitative estimate of drug-likeness (QED) is 0.160. The van der Waals surface area contributed by atoms with Gasteiger partial charge in [-0.15, -0.1) is 0 Å². The Hall–Kier alpha value is -4.04. The standard InChI is InChI=1S/C36H30O4P2/c37-29-21-23-31(41(25-13-5-1-6-14-25)26-15-7-2-8-16-26)33(35(29)39)34-32(24-22-30(38)36(34)40)42(27-17-9-3-10-18-27)28-19-11-4-12-20-28/h1-24,29,35,37-40H/t29-,35?/m0/s1. The summed E-state index contributed by atoms with van der Waals surface area (Å²) in [6.45, 7) is 0. The third-order valence-corrected chi connectivity index (χ3v) is 12.3. The summed E-state index contributed by atoms with van der Waals surface area (Å²) in [5.41, 5.74) is 0.783. The summed E-state index contributed by atoms with van der Waals surface area (Å²) in [7, 11) is -2.42. The predicted octanol–water partition coefficient (Wildman–Crippen LogP) is 4.99. The van der Waals surface area contributed by atoms with Crippen LogP contribution in [0.3, 0.4) is 0 Å². The molecule has 1 aliphatic rings. The smallest absolute Gasteiger partial charge is 0.165 e. The minimum absolute atomic E-state index is 0.281. The molecule has 0 aliphatic heterocycles. The van der Waals surface area contributed by atoms with Crippen LogP contribution < -0.4 is 26.5 Å². The van der Waals surface area contributed by atoms with E-state index in [-0.39, 0.29) is 11.5 Å². The van der Waals surface area contributed by atoms with Crippen LogP contribution in [0.4, 0.5) is 0 Å². The van der Waals surface area contributed by atoms with Gasteiger partial charge in [-0.2, -0.15) is 0 Å². The van der Waals surface area contributed by atoms with Gasteiger partial charge in [-0.05, 0) is 59.8 Å². The molecule has 0 radical (unpaired) electrons. The lowest BCUT2D eigenvalue weighted by atomic mass is 9.91. The van der Waals surface area contributed by atoms with E-state index in [1.807, 2.05) is 84.9 Å². The van der Waals surface area contributed by atoms with Crippen molar-refractivity contribution in [3.8, 4) is 11.5 Å². The SMILES string of the molecule is Oc1ccc(P(c2ccccc2)c2ccccc2)c(C2=C(P(c3ccccc3)c3ccccc3)C=C[C@H](O)C2O)c1O. The van der Waals surface area contributed by atoms with E-state index in [4.69, 9.17) is 0 Å². The summed E-state index contributed by atoms with van der Waals surface area (Å²) >= 11 is 0. The summed E-state index contributed by atoms with van der Waals surface area (Å²) in [4.78, 5) is 0. The fraction of sp³-hybridized carbons (Fsp3) is 0.0556. The largest absolute Gasteiger partial charge is 0.504 e. The minimum atomic E-state index is -1.32. The van der Waals surface area contributed by atoms with Crippen molar-refractivity contribution in [1.29, 1.82) is 0 Å². The number of phenolic OH excluding ortho intramolecular Hbond substituents is 2. The Morgan fingerprint density at radius 1 is 0.500 bits per heavy atom. The normalized spacial score (nSPS) is 16.8. The number of aliphatic hydroxyl groups is 2. The number of allylic oxidation sites excluding steroid dienone is 2. The minimum Gasteiger partial charge on any atom is -0.504 e. The van der Waals surface area contributed by atoms with E-state index in [1.54, 1.807) is 6.08 Å². The fourth-order valence-corrected chi connectivity index (χ4v) is 10.3. The monoisotopic (exact) mass is 588 g/mol. The van der Waals surface area contributed by atoms with E-state index in [1.165, 1.54) is 6.07 Å². The highest BCUT2D eigenvalue weighted by atomic mass is 31.1. The number of benzene rings is 5. The molecule has 4 nitrogen and oxygen atoms in total. The molecule has 0 spiro atoms. The molecule has 6 heteroatoms. The molecule has 0 heterocycles. The molecular weight excluding hydrogens is 558 g/mol. The highest BCUT2D eigenvalue weighted by Crippen LogP contribution is 2.53. The van der Waals surface area contributed by atoms with E-state index in [0.717, 1.165) is 31.8 Å². The van der Waals surface area contributed by atoms with Gasteiger partial charge in [-0.3, -0.25) is 0 Å². The Balaban J connectivity index is 1.69. The lowest BCUT2D eigenvalue weighted by Gasteiger charge is -2.33. The molecule has 0 aromatic heterocycles. The second-order valence-corrected chi connectivity index (χ2v) is 14.3. The zero-order chi connectivity index (χ0) is 29.1. The number of aromatic hydroxyl groups is 2. The van der Waals surface area contributed by atoms with Crippen molar-refractivity contribution in [1.82, 2.24) is 0 Å². The lowest BCUT2D eigenvalue weighted by molar-refractivity contribution is 0.0856. The fourth-order valence-electron chi connectivity index (χ4n) is 5.36. The lowest BCUT2D eigenvalue weighted by Crippen LogP contribution is -2.32. The zero-order valence-corrected chi connectivity index (χ0v) is 24.5. The summed E-state index contributed by atoms with van der Waals surface area (Å²) in [6, 6.07) is 43.7. The van der Waals surface area contributed by atoms with Gasteiger partial charge in [0.2, 0.25) is 0 Å². The van der Waals surface area contributed by atoms with Crippen molar-refractivity contribution in [2.75, 3.05) is 0 Å². The van der Waals surface area contributed by atoms with Crippen LogP contribution in [0.2, 0.25) is 0 Å². The molecule has 5 aromatic rings. The molecule has 5 aromatic carbocycles. The van der Waals surface area contributed by atoms with Crippen LogP contribution in [0.1, 0.15) is 5.56 Å². The summed E-state index contributed by atoms with van der Waals surface area (Å²) < 4.78 is 0. The van der Waals surface area contributed by atoms with Crippen molar-refractivity contribution in [2.45, 2.75) is 12.2 Å². The molecule has 6 rings (SSSR count). The molecule has 0 bridgehead atoms. The van der Waals surface area contributed by atoms with Gasteiger partial charge in [-0.25, -0.2) is 0 Å². The highest BCUT2D eigenvalue weighted by Gasteiger charge is 2.36. The van der Waals surface area contributed by atoms with E-state index in [0.29, 0.717) is 11.1 Å². The number of phenols is 2. The van der Waals surface area contributed by atoms with Gasteiger partial charge in [0.25, 0.3) is 0 Å². The molecule has 0 amide bonds. The second kappa shape index (κ2) is 12.4. The van der Waals surface area contributed by atoms with E-state index >= 15 is 0 Å². The molecular formula is C36H30O4P2. The first-order chi connectivity index (χ1) is 20.5. The highest BCUT2D eigenvalue weighted by molar-refractivity contribution is 7.80. The van der Waals surface area contributed by atoms with Crippen LogP contribution in [0.25, 0.3) is 5.57 Å². The number of hydrogen-bond donors (Lipinski definition) is 4. The number of rotatable bonds is 7. The van der Waals surface area contributed by atoms with Crippen LogP contribution >= 0.6 is 15.8 Å². The average Bonchev–Trinajstić information content (AvgIpc) is 3.04. The Morgan fingerprint density at radius 2 is 0.929 bits per heavy atom. The van der Waals surface area contributed by atoms with E-state index < -0.39 is 28.1 Å². The second-order valence-electron chi connectivity index (χ2n) is 9.93.